The van der Waals surface area contributed by atoms with Crippen LogP contribution in [-0.4, -0.2) is 35.2 Å². The number of piperidine rings is 1. The Kier molecular flexibility index (Phi) is 5.53. The highest BCUT2D eigenvalue weighted by atomic mass is 35.5. The number of carbonyl (C=O) groups excluding carboxylic acids is 1. The number of carbonyl (C=O) groups is 1. The van der Waals surface area contributed by atoms with E-state index in [1.54, 1.807) is 0 Å². The maximum absolute atomic E-state index is 12.8. The van der Waals surface area contributed by atoms with E-state index in [9.17, 15) is 4.79 Å². The molecule has 0 amide bonds. The minimum atomic E-state index is 0.298. The van der Waals surface area contributed by atoms with Crippen LogP contribution in [0.15, 0.2) is 0 Å². The van der Waals surface area contributed by atoms with Gasteiger partial charge in [0, 0.05) is 17.3 Å². The first kappa shape index (κ1) is 17.3. The molecule has 0 aromatic carbocycles. The lowest BCUT2D eigenvalue weighted by atomic mass is 9.61. The minimum Gasteiger partial charge on any atom is -0.298 e. The van der Waals surface area contributed by atoms with Crippen LogP contribution in [0.1, 0.15) is 77.0 Å². The van der Waals surface area contributed by atoms with Crippen molar-refractivity contribution in [1.82, 2.24) is 4.90 Å². The molecule has 3 heteroatoms. The molecule has 3 saturated carbocycles. The zero-order chi connectivity index (χ0) is 16.5. The first-order valence-corrected chi connectivity index (χ1v) is 11.1. The van der Waals surface area contributed by atoms with E-state index in [-0.39, 0.29) is 0 Å². The van der Waals surface area contributed by atoms with Crippen LogP contribution in [0.3, 0.4) is 0 Å². The van der Waals surface area contributed by atoms with Gasteiger partial charge >= 0.3 is 0 Å². The van der Waals surface area contributed by atoms with E-state index in [4.69, 9.17) is 11.6 Å². The summed E-state index contributed by atoms with van der Waals surface area (Å²) < 4.78 is 0. The molecular weight excluding hydrogens is 318 g/mol. The van der Waals surface area contributed by atoms with Crippen molar-refractivity contribution in [3.05, 3.63) is 0 Å². The Bertz CT molecular complexity index is 445. The highest BCUT2D eigenvalue weighted by Crippen LogP contribution is 2.48. The standard InChI is InChI=1S/C21H34ClNO/c22-17-10-7-16(8-11-17)21(24)14-23-13-3-6-19-18-5-2-1-4-15(18)9-12-20(19)23/h15-20H,1-14H2. The van der Waals surface area contributed by atoms with Gasteiger partial charge in [-0.05, 0) is 82.1 Å². The van der Waals surface area contributed by atoms with Gasteiger partial charge in [0.25, 0.3) is 0 Å². The van der Waals surface area contributed by atoms with Crippen LogP contribution in [-0.2, 0) is 4.79 Å². The summed E-state index contributed by atoms with van der Waals surface area (Å²) in [5, 5.41) is 0.315. The van der Waals surface area contributed by atoms with Gasteiger partial charge in [0.1, 0.15) is 5.78 Å². The van der Waals surface area contributed by atoms with E-state index >= 15 is 0 Å². The Morgan fingerprint density at radius 3 is 2.42 bits per heavy atom. The van der Waals surface area contributed by atoms with Crippen molar-refractivity contribution in [1.29, 1.82) is 0 Å². The molecule has 4 rings (SSSR count). The van der Waals surface area contributed by atoms with Gasteiger partial charge in [-0.3, -0.25) is 9.69 Å². The molecule has 2 nitrogen and oxygen atoms in total. The quantitative estimate of drug-likeness (QED) is 0.664. The number of alkyl halides is 1. The summed E-state index contributed by atoms with van der Waals surface area (Å²) in [6.45, 7) is 1.89. The molecule has 0 aromatic heterocycles. The topological polar surface area (TPSA) is 20.3 Å². The van der Waals surface area contributed by atoms with Gasteiger partial charge in [0.05, 0.1) is 6.54 Å². The Hall–Kier alpha value is -0.0800. The average molecular weight is 352 g/mol. The van der Waals surface area contributed by atoms with Gasteiger partial charge in [-0.1, -0.05) is 19.3 Å². The average Bonchev–Trinajstić information content (AvgIpc) is 2.62. The summed E-state index contributed by atoms with van der Waals surface area (Å²) in [5.74, 6) is 3.69. The third-order valence-electron chi connectivity index (χ3n) is 7.77. The van der Waals surface area contributed by atoms with Gasteiger partial charge in [-0.2, -0.15) is 0 Å². The van der Waals surface area contributed by atoms with Crippen molar-refractivity contribution in [2.24, 2.45) is 23.7 Å². The van der Waals surface area contributed by atoms with Gasteiger partial charge in [-0.25, -0.2) is 0 Å². The third kappa shape index (κ3) is 3.56. The molecule has 0 radical (unpaired) electrons. The number of hydrogen-bond donors (Lipinski definition) is 0. The van der Waals surface area contributed by atoms with Crippen LogP contribution in [0, 0.1) is 23.7 Å². The molecule has 4 unspecified atom stereocenters. The van der Waals surface area contributed by atoms with Gasteiger partial charge in [0.2, 0.25) is 0 Å². The summed E-state index contributed by atoms with van der Waals surface area (Å²) in [5.41, 5.74) is 0. The Labute approximate surface area is 152 Å². The van der Waals surface area contributed by atoms with E-state index in [0.717, 1.165) is 56.5 Å². The molecule has 4 fully saturated rings. The normalized spacial score (nSPS) is 43.7. The molecule has 3 aliphatic carbocycles. The molecule has 0 bridgehead atoms. The van der Waals surface area contributed by atoms with Gasteiger partial charge < -0.3 is 0 Å². The zero-order valence-electron chi connectivity index (χ0n) is 15.1. The molecule has 136 valence electrons. The molecule has 1 saturated heterocycles. The maximum Gasteiger partial charge on any atom is 0.149 e. The molecule has 4 atom stereocenters. The van der Waals surface area contributed by atoms with E-state index in [0.29, 0.717) is 23.1 Å². The highest BCUT2D eigenvalue weighted by molar-refractivity contribution is 6.20. The first-order chi connectivity index (χ1) is 11.7. The number of rotatable bonds is 3. The van der Waals surface area contributed by atoms with Crippen molar-refractivity contribution in [3.8, 4) is 0 Å². The second-order valence-corrected chi connectivity index (χ2v) is 9.66. The van der Waals surface area contributed by atoms with Crippen molar-refractivity contribution in [3.63, 3.8) is 0 Å². The molecule has 4 aliphatic rings. The smallest absolute Gasteiger partial charge is 0.149 e. The zero-order valence-corrected chi connectivity index (χ0v) is 15.9. The number of Topliss-reactive ketones (excluding diaryl/α,β-unsaturated/α-hetero) is 1. The SMILES string of the molecule is O=C(CN1CCCC2C3CCCCC3CCC21)C1CCC(Cl)CC1. The summed E-state index contributed by atoms with van der Waals surface area (Å²) in [7, 11) is 0. The monoisotopic (exact) mass is 351 g/mol. The predicted octanol–water partition coefficient (Wildman–Crippen LogP) is 5.03. The summed E-state index contributed by atoms with van der Waals surface area (Å²) in [6, 6.07) is 0.714. The number of fused-ring (bicyclic) bond motifs is 3. The van der Waals surface area contributed by atoms with Crippen molar-refractivity contribution < 1.29 is 4.79 Å². The lowest BCUT2D eigenvalue weighted by molar-refractivity contribution is -0.127. The second-order valence-electron chi connectivity index (χ2n) is 9.04. The van der Waals surface area contributed by atoms with Crippen LogP contribution in [0.2, 0.25) is 0 Å². The van der Waals surface area contributed by atoms with E-state index < -0.39 is 0 Å². The first-order valence-electron chi connectivity index (χ1n) is 10.6. The fourth-order valence-corrected chi connectivity index (χ4v) is 6.75. The lowest BCUT2D eigenvalue weighted by Crippen LogP contribution is -2.54. The highest BCUT2D eigenvalue weighted by Gasteiger charge is 2.44. The molecule has 1 aliphatic heterocycles. The largest absolute Gasteiger partial charge is 0.298 e. The Balaban J connectivity index is 1.38. The summed E-state index contributed by atoms with van der Waals surface area (Å²) in [6.07, 6.45) is 15.5. The van der Waals surface area contributed by atoms with Gasteiger partial charge in [0.15, 0.2) is 0 Å². The molecule has 0 spiro atoms. The second kappa shape index (κ2) is 7.66. The fraction of sp³-hybridized carbons (Fsp3) is 0.952. The number of likely N-dealkylation sites (tertiary alicyclic amines) is 1. The van der Waals surface area contributed by atoms with Crippen LogP contribution in [0.4, 0.5) is 0 Å². The summed E-state index contributed by atoms with van der Waals surface area (Å²) in [4.78, 5) is 15.5. The van der Waals surface area contributed by atoms with Crippen LogP contribution in [0.25, 0.3) is 0 Å². The molecular formula is C21H34ClNO. The number of hydrogen-bond acceptors (Lipinski definition) is 2. The third-order valence-corrected chi connectivity index (χ3v) is 8.20. The maximum atomic E-state index is 12.8. The molecule has 24 heavy (non-hydrogen) atoms. The van der Waals surface area contributed by atoms with E-state index in [1.165, 1.54) is 51.4 Å². The molecule has 0 N–H and O–H groups in total. The minimum absolute atomic E-state index is 0.298. The number of ketones is 1. The van der Waals surface area contributed by atoms with E-state index in [1.807, 2.05) is 0 Å². The number of nitrogens with zero attached hydrogens (tertiary/aromatic N) is 1. The molecule has 1 heterocycles. The summed E-state index contributed by atoms with van der Waals surface area (Å²) >= 11 is 6.21. The molecule has 0 aromatic rings. The number of halogens is 1. The van der Waals surface area contributed by atoms with Crippen LogP contribution < -0.4 is 0 Å². The fourth-order valence-electron chi connectivity index (χ4n) is 6.50. The predicted molar refractivity (Wildman–Crippen MR) is 99.4 cm³/mol. The van der Waals surface area contributed by atoms with Gasteiger partial charge in [-0.15, -0.1) is 11.6 Å². The Morgan fingerprint density at radius 2 is 1.58 bits per heavy atom. The van der Waals surface area contributed by atoms with Crippen molar-refractivity contribution in [2.75, 3.05) is 13.1 Å². The van der Waals surface area contributed by atoms with Crippen LogP contribution >= 0.6 is 11.6 Å². The lowest BCUT2D eigenvalue weighted by Gasteiger charge is -2.52. The van der Waals surface area contributed by atoms with E-state index in [2.05, 4.69) is 4.90 Å². The van der Waals surface area contributed by atoms with Crippen molar-refractivity contribution in [2.45, 2.75) is 88.5 Å². The van der Waals surface area contributed by atoms with Crippen LogP contribution in [0.5, 0.6) is 0 Å². The Morgan fingerprint density at radius 1 is 0.833 bits per heavy atom. The van der Waals surface area contributed by atoms with Crippen molar-refractivity contribution >= 4 is 17.4 Å².